The maximum atomic E-state index is 12.3. The third kappa shape index (κ3) is 2.91. The molecule has 0 radical (unpaired) electrons. The number of sulfonamides is 1. The Bertz CT molecular complexity index is 519. The Morgan fingerprint density at radius 3 is 2.61 bits per heavy atom. The molecule has 1 aliphatic carbocycles. The zero-order valence-electron chi connectivity index (χ0n) is 10.5. The van der Waals surface area contributed by atoms with Crippen molar-refractivity contribution in [2.45, 2.75) is 50.2 Å². The van der Waals surface area contributed by atoms with E-state index in [2.05, 4.69) is 4.72 Å². The normalized spacial score (nSPS) is 17.2. The van der Waals surface area contributed by atoms with Crippen molar-refractivity contribution in [1.82, 2.24) is 4.72 Å². The van der Waals surface area contributed by atoms with Gasteiger partial charge in [0.05, 0.1) is 11.5 Å². The molecule has 2 N–H and O–H groups in total. The summed E-state index contributed by atoms with van der Waals surface area (Å²) in [5, 5.41) is 9.09. The van der Waals surface area contributed by atoms with Crippen molar-refractivity contribution in [3.05, 3.63) is 29.3 Å². The minimum absolute atomic E-state index is 0.0622. The van der Waals surface area contributed by atoms with Crippen LogP contribution in [-0.4, -0.2) is 19.6 Å². The summed E-state index contributed by atoms with van der Waals surface area (Å²) in [6.45, 7) is 1.62. The summed E-state index contributed by atoms with van der Waals surface area (Å²) < 4.78 is 27.3. The van der Waals surface area contributed by atoms with Gasteiger partial charge in [0.15, 0.2) is 0 Å². The van der Waals surface area contributed by atoms with Gasteiger partial charge in [0.1, 0.15) is 0 Å². The highest BCUT2D eigenvalue weighted by Gasteiger charge is 2.24. The van der Waals surface area contributed by atoms with E-state index in [0.29, 0.717) is 11.1 Å². The van der Waals surface area contributed by atoms with Crippen molar-refractivity contribution >= 4 is 10.0 Å². The van der Waals surface area contributed by atoms with E-state index in [-0.39, 0.29) is 17.5 Å². The van der Waals surface area contributed by atoms with Crippen molar-refractivity contribution in [2.24, 2.45) is 0 Å². The van der Waals surface area contributed by atoms with Gasteiger partial charge in [-0.2, -0.15) is 0 Å². The van der Waals surface area contributed by atoms with Gasteiger partial charge in [-0.1, -0.05) is 25.0 Å². The van der Waals surface area contributed by atoms with E-state index in [1.807, 2.05) is 0 Å². The molecule has 0 unspecified atom stereocenters. The molecule has 1 aliphatic rings. The first kappa shape index (κ1) is 13.5. The summed E-state index contributed by atoms with van der Waals surface area (Å²) in [5.41, 5.74) is 1.32. The molecule has 0 aromatic heterocycles. The Morgan fingerprint density at radius 1 is 1.33 bits per heavy atom. The molecule has 0 spiro atoms. The average molecular weight is 269 g/mol. The highest BCUT2D eigenvalue weighted by molar-refractivity contribution is 7.89. The van der Waals surface area contributed by atoms with Crippen LogP contribution in [0, 0.1) is 6.92 Å². The Morgan fingerprint density at radius 2 is 2.00 bits per heavy atom. The third-order valence-electron chi connectivity index (χ3n) is 3.40. The second-order valence-electron chi connectivity index (χ2n) is 4.86. The molecule has 2 rings (SSSR count). The second kappa shape index (κ2) is 5.38. The number of hydrogen-bond acceptors (Lipinski definition) is 3. The minimum Gasteiger partial charge on any atom is -0.392 e. The first-order valence-electron chi connectivity index (χ1n) is 6.25. The maximum Gasteiger partial charge on any atom is 0.241 e. The first-order valence-corrected chi connectivity index (χ1v) is 7.74. The van der Waals surface area contributed by atoms with Crippen molar-refractivity contribution in [3.63, 3.8) is 0 Å². The molecule has 1 fully saturated rings. The fraction of sp³-hybridized carbons (Fsp3) is 0.538. The van der Waals surface area contributed by atoms with Crippen LogP contribution < -0.4 is 4.72 Å². The molecule has 0 amide bonds. The lowest BCUT2D eigenvalue weighted by atomic mass is 10.2. The van der Waals surface area contributed by atoms with Crippen LogP contribution >= 0.6 is 0 Å². The lowest BCUT2D eigenvalue weighted by Gasteiger charge is -2.14. The fourth-order valence-corrected chi connectivity index (χ4v) is 3.96. The van der Waals surface area contributed by atoms with Crippen LogP contribution in [0.5, 0.6) is 0 Å². The number of nitrogens with one attached hydrogen (secondary N) is 1. The summed E-state index contributed by atoms with van der Waals surface area (Å²) in [4.78, 5) is 0.279. The maximum absolute atomic E-state index is 12.3. The van der Waals surface area contributed by atoms with Gasteiger partial charge < -0.3 is 5.11 Å². The van der Waals surface area contributed by atoms with Gasteiger partial charge >= 0.3 is 0 Å². The van der Waals surface area contributed by atoms with Crippen LogP contribution in [0.2, 0.25) is 0 Å². The van der Waals surface area contributed by atoms with Crippen molar-refractivity contribution < 1.29 is 13.5 Å². The molecular weight excluding hydrogens is 250 g/mol. The standard InChI is InChI=1S/C13H19NO3S/c1-10-6-7-11(9-15)8-13(10)18(16,17)14-12-4-2-3-5-12/h6-8,12,14-15H,2-5,9H2,1H3. The van der Waals surface area contributed by atoms with Crippen LogP contribution in [0.25, 0.3) is 0 Å². The predicted octanol–water partition coefficient (Wildman–Crippen LogP) is 1.71. The van der Waals surface area contributed by atoms with E-state index in [0.717, 1.165) is 25.7 Å². The first-order chi connectivity index (χ1) is 8.53. The zero-order valence-corrected chi connectivity index (χ0v) is 11.3. The van der Waals surface area contributed by atoms with Gasteiger partial charge in [-0.3, -0.25) is 0 Å². The average Bonchev–Trinajstić information content (AvgIpc) is 2.81. The van der Waals surface area contributed by atoms with E-state index in [1.165, 1.54) is 0 Å². The monoisotopic (exact) mass is 269 g/mol. The summed E-state index contributed by atoms with van der Waals surface area (Å²) in [7, 11) is -3.47. The number of aliphatic hydroxyl groups excluding tert-OH is 1. The molecule has 5 heteroatoms. The zero-order chi connectivity index (χ0) is 13.2. The van der Waals surface area contributed by atoms with Crippen LogP contribution in [0.1, 0.15) is 36.8 Å². The number of benzene rings is 1. The Hall–Kier alpha value is -0.910. The summed E-state index contributed by atoms with van der Waals surface area (Å²) in [5.74, 6) is 0. The third-order valence-corrected chi connectivity index (χ3v) is 5.06. The quantitative estimate of drug-likeness (QED) is 0.874. The van der Waals surface area contributed by atoms with Gasteiger partial charge in [0, 0.05) is 6.04 Å². The van der Waals surface area contributed by atoms with E-state index < -0.39 is 10.0 Å². The number of aryl methyl sites for hydroxylation is 1. The molecule has 4 nitrogen and oxygen atoms in total. The SMILES string of the molecule is Cc1ccc(CO)cc1S(=O)(=O)NC1CCCC1. The lowest BCUT2D eigenvalue weighted by molar-refractivity contribution is 0.281. The highest BCUT2D eigenvalue weighted by atomic mass is 32.2. The molecule has 18 heavy (non-hydrogen) atoms. The molecule has 1 saturated carbocycles. The molecule has 0 saturated heterocycles. The van der Waals surface area contributed by atoms with Crippen LogP contribution in [0.15, 0.2) is 23.1 Å². The minimum atomic E-state index is -3.47. The molecule has 0 atom stereocenters. The number of hydrogen-bond donors (Lipinski definition) is 2. The fourth-order valence-electron chi connectivity index (χ4n) is 2.36. The molecular formula is C13H19NO3S. The van der Waals surface area contributed by atoms with Gasteiger partial charge in [-0.25, -0.2) is 13.1 Å². The lowest BCUT2D eigenvalue weighted by Crippen LogP contribution is -2.33. The summed E-state index contributed by atoms with van der Waals surface area (Å²) >= 11 is 0. The van der Waals surface area contributed by atoms with Crippen LogP contribution in [0.4, 0.5) is 0 Å². The van der Waals surface area contributed by atoms with Gasteiger partial charge in [0.2, 0.25) is 10.0 Å². The van der Waals surface area contributed by atoms with Crippen LogP contribution in [-0.2, 0) is 16.6 Å². The molecule has 1 aromatic rings. The molecule has 1 aromatic carbocycles. The topological polar surface area (TPSA) is 66.4 Å². The van der Waals surface area contributed by atoms with Crippen molar-refractivity contribution in [2.75, 3.05) is 0 Å². The molecule has 0 heterocycles. The van der Waals surface area contributed by atoms with Crippen molar-refractivity contribution in [3.8, 4) is 0 Å². The number of rotatable bonds is 4. The van der Waals surface area contributed by atoms with Crippen LogP contribution in [0.3, 0.4) is 0 Å². The Kier molecular flexibility index (Phi) is 4.04. The van der Waals surface area contributed by atoms with E-state index in [9.17, 15) is 8.42 Å². The smallest absolute Gasteiger partial charge is 0.241 e. The van der Waals surface area contributed by atoms with E-state index in [1.54, 1.807) is 25.1 Å². The van der Waals surface area contributed by atoms with E-state index >= 15 is 0 Å². The van der Waals surface area contributed by atoms with E-state index in [4.69, 9.17) is 5.11 Å². The van der Waals surface area contributed by atoms with Gasteiger partial charge in [0.25, 0.3) is 0 Å². The summed E-state index contributed by atoms with van der Waals surface area (Å²) in [6, 6.07) is 5.08. The molecule has 0 bridgehead atoms. The summed E-state index contributed by atoms with van der Waals surface area (Å²) in [6.07, 6.45) is 4.00. The largest absolute Gasteiger partial charge is 0.392 e. The van der Waals surface area contributed by atoms with Gasteiger partial charge in [-0.05, 0) is 37.0 Å². The van der Waals surface area contributed by atoms with Gasteiger partial charge in [-0.15, -0.1) is 0 Å². The molecule has 0 aliphatic heterocycles. The Labute approximate surface area is 108 Å². The second-order valence-corrected chi connectivity index (χ2v) is 6.54. The van der Waals surface area contributed by atoms with Crippen molar-refractivity contribution in [1.29, 1.82) is 0 Å². The predicted molar refractivity (Wildman–Crippen MR) is 69.7 cm³/mol. The molecule has 100 valence electrons. The number of aliphatic hydroxyl groups is 1. The highest BCUT2D eigenvalue weighted by Crippen LogP contribution is 2.22. The Balaban J connectivity index is 2.27.